The maximum atomic E-state index is 12.7. The second kappa shape index (κ2) is 8.52. The highest BCUT2D eigenvalue weighted by Gasteiger charge is 2.25. The summed E-state index contributed by atoms with van der Waals surface area (Å²) in [6, 6.07) is 12.9. The number of piperidine rings is 1. The highest BCUT2D eigenvalue weighted by Crippen LogP contribution is 2.29. The molecule has 2 aromatic carbocycles. The number of phenolic OH excluding ortho intramolecular Hbond substituents is 1. The molecule has 162 valence electrons. The zero-order valence-electron chi connectivity index (χ0n) is 17.1. The number of anilines is 1. The zero-order chi connectivity index (χ0) is 22.0. The van der Waals surface area contributed by atoms with E-state index >= 15 is 0 Å². The van der Waals surface area contributed by atoms with Crippen molar-refractivity contribution in [1.82, 2.24) is 14.5 Å². The van der Waals surface area contributed by atoms with Crippen LogP contribution in [0.3, 0.4) is 0 Å². The molecular weight excluding hydrogens is 416 g/mol. The van der Waals surface area contributed by atoms with Crippen LogP contribution in [0.25, 0.3) is 11.3 Å². The predicted molar refractivity (Wildman–Crippen MR) is 117 cm³/mol. The maximum Gasteiger partial charge on any atom is 0.276 e. The first-order chi connectivity index (χ1) is 14.8. The Hall–Kier alpha value is -3.17. The first-order valence-electron chi connectivity index (χ1n) is 10.1. The summed E-state index contributed by atoms with van der Waals surface area (Å²) >= 11 is 0. The lowest BCUT2D eigenvalue weighted by atomic mass is 10.1. The van der Waals surface area contributed by atoms with Crippen molar-refractivity contribution in [2.75, 3.05) is 18.4 Å². The molecule has 0 spiro atoms. The van der Waals surface area contributed by atoms with E-state index in [2.05, 4.69) is 15.5 Å². The quantitative estimate of drug-likeness (QED) is 0.561. The molecule has 0 aliphatic carbocycles. The molecule has 2 heterocycles. The Kier molecular flexibility index (Phi) is 5.79. The van der Waals surface area contributed by atoms with Crippen molar-refractivity contribution in [3.63, 3.8) is 0 Å². The first-order valence-corrected chi connectivity index (χ1v) is 11.6. The van der Waals surface area contributed by atoms with Gasteiger partial charge in [0.1, 0.15) is 5.75 Å². The summed E-state index contributed by atoms with van der Waals surface area (Å²) in [4.78, 5) is 12.8. The van der Waals surface area contributed by atoms with Crippen molar-refractivity contribution in [3.05, 3.63) is 59.8 Å². The smallest absolute Gasteiger partial charge is 0.276 e. The van der Waals surface area contributed by atoms with Crippen molar-refractivity contribution in [2.24, 2.45) is 0 Å². The molecule has 3 aromatic rings. The third-order valence-electron chi connectivity index (χ3n) is 5.32. The van der Waals surface area contributed by atoms with Gasteiger partial charge in [-0.2, -0.15) is 9.40 Å². The molecule has 1 saturated heterocycles. The molecule has 0 atom stereocenters. The van der Waals surface area contributed by atoms with E-state index in [9.17, 15) is 18.3 Å². The molecule has 8 nitrogen and oxygen atoms in total. The summed E-state index contributed by atoms with van der Waals surface area (Å²) in [5, 5.41) is 19.6. The summed E-state index contributed by atoms with van der Waals surface area (Å²) in [7, 11) is -3.51. The number of nitrogens with one attached hydrogen (secondary N) is 2. The minimum absolute atomic E-state index is 0.0895. The molecule has 31 heavy (non-hydrogen) atoms. The van der Waals surface area contributed by atoms with Crippen LogP contribution >= 0.6 is 0 Å². The molecule has 9 heteroatoms. The number of hydrogen-bond acceptors (Lipinski definition) is 5. The zero-order valence-corrected chi connectivity index (χ0v) is 17.9. The van der Waals surface area contributed by atoms with E-state index in [1.54, 1.807) is 36.4 Å². The van der Waals surface area contributed by atoms with Crippen molar-refractivity contribution in [3.8, 4) is 17.0 Å². The van der Waals surface area contributed by atoms with Crippen molar-refractivity contribution >= 4 is 21.6 Å². The molecule has 0 radical (unpaired) electrons. The molecule has 4 rings (SSSR count). The van der Waals surface area contributed by atoms with Crippen LogP contribution in [0.4, 0.5) is 5.69 Å². The minimum Gasteiger partial charge on any atom is -0.507 e. The van der Waals surface area contributed by atoms with E-state index in [1.807, 2.05) is 6.92 Å². The molecule has 1 aromatic heterocycles. The summed E-state index contributed by atoms with van der Waals surface area (Å²) < 4.78 is 27.0. The fraction of sp³-hybridized carbons (Fsp3) is 0.273. The lowest BCUT2D eigenvalue weighted by molar-refractivity contribution is 0.102. The van der Waals surface area contributed by atoms with Gasteiger partial charge in [-0.1, -0.05) is 18.1 Å². The lowest BCUT2D eigenvalue weighted by Gasteiger charge is -2.25. The van der Waals surface area contributed by atoms with Crippen molar-refractivity contribution in [2.45, 2.75) is 31.1 Å². The number of amides is 1. The number of hydrogen-bond donors (Lipinski definition) is 3. The fourth-order valence-corrected chi connectivity index (χ4v) is 5.12. The van der Waals surface area contributed by atoms with Crippen LogP contribution in [0.2, 0.25) is 0 Å². The monoisotopic (exact) mass is 440 g/mol. The Morgan fingerprint density at radius 1 is 1.06 bits per heavy atom. The van der Waals surface area contributed by atoms with Crippen molar-refractivity contribution < 1.29 is 18.3 Å². The van der Waals surface area contributed by atoms with Crippen LogP contribution in [0.5, 0.6) is 5.75 Å². The fourth-order valence-electron chi connectivity index (χ4n) is 3.60. The van der Waals surface area contributed by atoms with E-state index in [-0.39, 0.29) is 16.3 Å². The van der Waals surface area contributed by atoms with Gasteiger partial charge in [-0.15, -0.1) is 0 Å². The average molecular weight is 441 g/mol. The Balaban J connectivity index is 1.47. The number of aromatic amines is 1. The highest BCUT2D eigenvalue weighted by atomic mass is 32.2. The molecule has 1 aliphatic heterocycles. The third kappa shape index (κ3) is 4.47. The molecule has 1 amide bonds. The van der Waals surface area contributed by atoms with Crippen LogP contribution < -0.4 is 5.32 Å². The normalized spacial score (nSPS) is 15.0. The Labute approximate surface area is 181 Å². The van der Waals surface area contributed by atoms with Gasteiger partial charge in [-0.3, -0.25) is 9.89 Å². The van der Waals surface area contributed by atoms with Crippen LogP contribution in [0.1, 0.15) is 35.3 Å². The molecule has 0 saturated carbocycles. The van der Waals surface area contributed by atoms with Gasteiger partial charge in [0.2, 0.25) is 10.0 Å². The molecular formula is C22H24N4O4S. The topological polar surface area (TPSA) is 115 Å². The molecule has 0 bridgehead atoms. The van der Waals surface area contributed by atoms with Crippen LogP contribution in [0.15, 0.2) is 53.4 Å². The Bertz CT molecular complexity index is 1200. The molecule has 1 fully saturated rings. The van der Waals surface area contributed by atoms with Gasteiger partial charge in [0.05, 0.1) is 10.6 Å². The van der Waals surface area contributed by atoms with Gasteiger partial charge in [0, 0.05) is 24.3 Å². The SMILES string of the molecule is Cc1ccc(O)c(-c2cc(C(=O)Nc3ccc(S(=O)(=O)N4CCCCC4)cc3)n[nH]2)c1. The number of carbonyl (C=O) groups excluding carboxylic acids is 1. The maximum absolute atomic E-state index is 12.7. The number of rotatable bonds is 5. The average Bonchev–Trinajstić information content (AvgIpc) is 3.27. The standard InChI is InChI=1S/C22H24N4O4S/c1-15-5-10-21(27)18(13-15)19-14-20(25-24-19)22(28)23-16-6-8-17(9-7-16)31(29,30)26-11-3-2-4-12-26/h5-10,13-14,27H,2-4,11-12H2,1H3,(H,23,28)(H,24,25). The van der Waals surface area contributed by atoms with E-state index in [1.165, 1.54) is 16.4 Å². The van der Waals surface area contributed by atoms with Gasteiger partial charge < -0.3 is 10.4 Å². The number of aryl methyl sites for hydroxylation is 1. The van der Waals surface area contributed by atoms with Gasteiger partial charge in [0.25, 0.3) is 5.91 Å². The predicted octanol–water partition coefficient (Wildman–Crippen LogP) is 3.52. The van der Waals surface area contributed by atoms with Crippen LogP contribution in [0, 0.1) is 6.92 Å². The minimum atomic E-state index is -3.51. The molecule has 0 unspecified atom stereocenters. The number of aromatic hydroxyl groups is 1. The van der Waals surface area contributed by atoms with E-state index in [4.69, 9.17) is 0 Å². The number of nitrogens with zero attached hydrogens (tertiary/aromatic N) is 2. The highest BCUT2D eigenvalue weighted by molar-refractivity contribution is 7.89. The summed E-state index contributed by atoms with van der Waals surface area (Å²) in [5.41, 5.74) is 2.66. The number of H-pyrrole nitrogens is 1. The van der Waals surface area contributed by atoms with Crippen LogP contribution in [-0.2, 0) is 10.0 Å². The molecule has 1 aliphatic rings. The Morgan fingerprint density at radius 2 is 1.77 bits per heavy atom. The largest absolute Gasteiger partial charge is 0.507 e. The Morgan fingerprint density at radius 3 is 2.48 bits per heavy atom. The first kappa shape index (κ1) is 21.1. The number of carbonyl (C=O) groups is 1. The van der Waals surface area contributed by atoms with E-state index in [0.717, 1.165) is 24.8 Å². The second-order valence-corrected chi connectivity index (χ2v) is 9.57. The van der Waals surface area contributed by atoms with E-state index in [0.29, 0.717) is 30.0 Å². The third-order valence-corrected chi connectivity index (χ3v) is 7.23. The summed E-state index contributed by atoms with van der Waals surface area (Å²) in [6.07, 6.45) is 2.80. The van der Waals surface area contributed by atoms with E-state index < -0.39 is 15.9 Å². The van der Waals surface area contributed by atoms with Crippen molar-refractivity contribution in [1.29, 1.82) is 0 Å². The lowest BCUT2D eigenvalue weighted by Crippen LogP contribution is -2.35. The van der Waals surface area contributed by atoms with Gasteiger partial charge in [-0.05, 0) is 62.2 Å². The summed E-state index contributed by atoms with van der Waals surface area (Å²) in [6.45, 7) is 2.99. The second-order valence-electron chi connectivity index (χ2n) is 7.63. The number of phenols is 1. The number of sulfonamides is 1. The molecule has 3 N–H and O–H groups in total. The van der Waals surface area contributed by atoms with Gasteiger partial charge in [-0.25, -0.2) is 8.42 Å². The van der Waals surface area contributed by atoms with Gasteiger partial charge >= 0.3 is 0 Å². The number of benzene rings is 2. The number of aromatic nitrogens is 2. The summed E-state index contributed by atoms with van der Waals surface area (Å²) in [5.74, 6) is -0.354. The van der Waals surface area contributed by atoms with Gasteiger partial charge in [0.15, 0.2) is 5.69 Å². The van der Waals surface area contributed by atoms with Crippen LogP contribution in [-0.4, -0.2) is 47.0 Å².